The first-order chi connectivity index (χ1) is 9.31. The topological polar surface area (TPSA) is 50.7 Å². The summed E-state index contributed by atoms with van der Waals surface area (Å²) in [7, 11) is 0. The van der Waals surface area contributed by atoms with Gasteiger partial charge in [0.25, 0.3) is 5.91 Å². The van der Waals surface area contributed by atoms with Crippen LogP contribution in [0.5, 0.6) is 0 Å². The van der Waals surface area contributed by atoms with E-state index in [0.29, 0.717) is 6.61 Å². The highest BCUT2D eigenvalue weighted by molar-refractivity contribution is 6.01. The monoisotopic (exact) mass is 260 g/mol. The number of carbonyl (C=O) groups is 1. The number of hydrogen-bond acceptors (Lipinski definition) is 3. The Morgan fingerprint density at radius 1 is 1.42 bits per heavy atom. The highest BCUT2D eigenvalue weighted by atomic mass is 16.5. The SMILES string of the molecule is CCC/C(=N\NC(=O)[C@H]1CCCO1)c1ccccc1. The van der Waals surface area contributed by atoms with Crippen molar-refractivity contribution in [3.05, 3.63) is 35.9 Å². The average Bonchev–Trinajstić information content (AvgIpc) is 2.98. The Morgan fingerprint density at radius 2 is 2.21 bits per heavy atom. The fourth-order valence-corrected chi connectivity index (χ4v) is 2.11. The number of rotatable bonds is 5. The van der Waals surface area contributed by atoms with Crippen molar-refractivity contribution < 1.29 is 9.53 Å². The molecule has 0 unspecified atom stereocenters. The number of hydrogen-bond donors (Lipinski definition) is 1. The zero-order valence-electron chi connectivity index (χ0n) is 11.3. The van der Waals surface area contributed by atoms with Gasteiger partial charge in [-0.2, -0.15) is 5.10 Å². The van der Waals surface area contributed by atoms with Gasteiger partial charge in [0.1, 0.15) is 6.10 Å². The van der Waals surface area contributed by atoms with Gasteiger partial charge in [0.15, 0.2) is 0 Å². The van der Waals surface area contributed by atoms with E-state index in [0.717, 1.165) is 37.0 Å². The molecule has 19 heavy (non-hydrogen) atoms. The molecular weight excluding hydrogens is 240 g/mol. The van der Waals surface area contributed by atoms with E-state index in [-0.39, 0.29) is 12.0 Å². The number of nitrogens with zero attached hydrogens (tertiary/aromatic N) is 1. The molecule has 2 rings (SSSR count). The van der Waals surface area contributed by atoms with Crippen LogP contribution >= 0.6 is 0 Å². The lowest BCUT2D eigenvalue weighted by atomic mass is 10.1. The van der Waals surface area contributed by atoms with E-state index in [2.05, 4.69) is 17.5 Å². The molecule has 1 aliphatic heterocycles. The summed E-state index contributed by atoms with van der Waals surface area (Å²) in [6, 6.07) is 9.93. The molecule has 1 fully saturated rings. The molecule has 0 aromatic heterocycles. The number of amides is 1. The fourth-order valence-electron chi connectivity index (χ4n) is 2.11. The summed E-state index contributed by atoms with van der Waals surface area (Å²) in [5, 5.41) is 4.27. The van der Waals surface area contributed by atoms with E-state index >= 15 is 0 Å². The number of nitrogens with one attached hydrogen (secondary N) is 1. The van der Waals surface area contributed by atoms with Gasteiger partial charge in [-0.05, 0) is 24.8 Å². The molecule has 1 aromatic carbocycles. The highest BCUT2D eigenvalue weighted by Crippen LogP contribution is 2.12. The Bertz CT molecular complexity index is 437. The zero-order chi connectivity index (χ0) is 13.5. The molecule has 1 amide bonds. The van der Waals surface area contributed by atoms with E-state index < -0.39 is 0 Å². The molecular formula is C15H20N2O2. The maximum Gasteiger partial charge on any atom is 0.269 e. The predicted molar refractivity (Wildman–Crippen MR) is 75.0 cm³/mol. The summed E-state index contributed by atoms with van der Waals surface area (Å²) >= 11 is 0. The number of benzene rings is 1. The van der Waals surface area contributed by atoms with Gasteiger partial charge in [0.05, 0.1) is 5.71 Å². The van der Waals surface area contributed by atoms with Gasteiger partial charge in [0, 0.05) is 6.61 Å². The zero-order valence-corrected chi connectivity index (χ0v) is 11.3. The van der Waals surface area contributed by atoms with Crippen LogP contribution in [0.2, 0.25) is 0 Å². The molecule has 1 N–H and O–H groups in total. The largest absolute Gasteiger partial charge is 0.368 e. The van der Waals surface area contributed by atoms with Crippen LogP contribution in [0.1, 0.15) is 38.2 Å². The minimum atomic E-state index is -0.331. The van der Waals surface area contributed by atoms with Gasteiger partial charge in [-0.25, -0.2) is 5.43 Å². The van der Waals surface area contributed by atoms with Crippen molar-refractivity contribution in [2.24, 2.45) is 5.10 Å². The molecule has 4 nitrogen and oxygen atoms in total. The van der Waals surface area contributed by atoms with Crippen LogP contribution in [0, 0.1) is 0 Å². The number of ether oxygens (including phenoxy) is 1. The normalized spacial score (nSPS) is 19.4. The quantitative estimate of drug-likeness (QED) is 0.653. The van der Waals surface area contributed by atoms with Crippen molar-refractivity contribution in [2.75, 3.05) is 6.61 Å². The average molecular weight is 260 g/mol. The molecule has 0 radical (unpaired) electrons. The van der Waals surface area contributed by atoms with Crippen LogP contribution in [-0.4, -0.2) is 24.3 Å². The van der Waals surface area contributed by atoms with Crippen molar-refractivity contribution in [1.29, 1.82) is 0 Å². The minimum absolute atomic E-state index is 0.137. The lowest BCUT2D eigenvalue weighted by molar-refractivity contribution is -0.130. The summed E-state index contributed by atoms with van der Waals surface area (Å²) in [6.07, 6.45) is 3.24. The van der Waals surface area contributed by atoms with Gasteiger partial charge in [-0.1, -0.05) is 43.7 Å². The van der Waals surface area contributed by atoms with Crippen molar-refractivity contribution >= 4 is 11.6 Å². The molecule has 0 bridgehead atoms. The standard InChI is InChI=1S/C15H20N2O2/c1-2-7-13(12-8-4-3-5-9-12)16-17-15(18)14-10-6-11-19-14/h3-5,8-9,14H,2,6-7,10-11H2,1H3,(H,17,18)/b16-13+/t14-/m1/s1. The van der Waals surface area contributed by atoms with Crippen LogP contribution in [0.4, 0.5) is 0 Å². The van der Waals surface area contributed by atoms with Gasteiger partial charge >= 0.3 is 0 Å². The van der Waals surface area contributed by atoms with Gasteiger partial charge in [-0.15, -0.1) is 0 Å². The summed E-state index contributed by atoms with van der Waals surface area (Å²) in [5.41, 5.74) is 4.60. The van der Waals surface area contributed by atoms with Gasteiger partial charge in [0.2, 0.25) is 0 Å². The van der Waals surface area contributed by atoms with Gasteiger partial charge < -0.3 is 4.74 Å². The molecule has 1 atom stereocenters. The molecule has 1 saturated heterocycles. The smallest absolute Gasteiger partial charge is 0.269 e. The van der Waals surface area contributed by atoms with Crippen molar-refractivity contribution in [2.45, 2.75) is 38.7 Å². The molecule has 1 aromatic rings. The van der Waals surface area contributed by atoms with Gasteiger partial charge in [-0.3, -0.25) is 4.79 Å². The van der Waals surface area contributed by atoms with E-state index in [4.69, 9.17) is 4.74 Å². The maximum atomic E-state index is 11.8. The van der Waals surface area contributed by atoms with E-state index in [1.54, 1.807) is 0 Å². The Hall–Kier alpha value is -1.68. The second kappa shape index (κ2) is 7.04. The molecule has 0 aliphatic carbocycles. The van der Waals surface area contributed by atoms with Crippen molar-refractivity contribution in [1.82, 2.24) is 5.43 Å². The lowest BCUT2D eigenvalue weighted by Crippen LogP contribution is -2.31. The second-order valence-electron chi connectivity index (χ2n) is 4.65. The van der Waals surface area contributed by atoms with E-state index in [1.807, 2.05) is 30.3 Å². The van der Waals surface area contributed by atoms with Crippen molar-refractivity contribution in [3.63, 3.8) is 0 Å². The summed E-state index contributed by atoms with van der Waals surface area (Å²) in [5.74, 6) is -0.137. The molecule has 0 spiro atoms. The summed E-state index contributed by atoms with van der Waals surface area (Å²) in [4.78, 5) is 11.8. The Balaban J connectivity index is 2.02. The van der Waals surface area contributed by atoms with Crippen LogP contribution in [0.15, 0.2) is 35.4 Å². The Kier molecular flexibility index (Phi) is 5.10. The van der Waals surface area contributed by atoms with Crippen LogP contribution in [0.25, 0.3) is 0 Å². The predicted octanol–water partition coefficient (Wildman–Crippen LogP) is 2.49. The van der Waals surface area contributed by atoms with Crippen molar-refractivity contribution in [3.8, 4) is 0 Å². The van der Waals surface area contributed by atoms with E-state index in [9.17, 15) is 4.79 Å². The van der Waals surface area contributed by atoms with E-state index in [1.165, 1.54) is 0 Å². The molecule has 1 aliphatic rings. The maximum absolute atomic E-state index is 11.8. The first-order valence-corrected chi connectivity index (χ1v) is 6.84. The molecule has 102 valence electrons. The minimum Gasteiger partial charge on any atom is -0.368 e. The number of carbonyl (C=O) groups excluding carboxylic acids is 1. The van der Waals surface area contributed by atoms with Crippen LogP contribution in [-0.2, 0) is 9.53 Å². The fraction of sp³-hybridized carbons (Fsp3) is 0.467. The Morgan fingerprint density at radius 3 is 2.84 bits per heavy atom. The third-order valence-corrected chi connectivity index (χ3v) is 3.12. The number of hydrazone groups is 1. The first kappa shape index (κ1) is 13.7. The van der Waals surface area contributed by atoms with Crippen LogP contribution < -0.4 is 5.43 Å². The third kappa shape index (κ3) is 3.89. The Labute approximate surface area is 113 Å². The molecule has 4 heteroatoms. The lowest BCUT2D eigenvalue weighted by Gasteiger charge is -2.09. The summed E-state index contributed by atoms with van der Waals surface area (Å²) in [6.45, 7) is 2.77. The summed E-state index contributed by atoms with van der Waals surface area (Å²) < 4.78 is 5.33. The molecule has 1 heterocycles. The third-order valence-electron chi connectivity index (χ3n) is 3.12. The van der Waals surface area contributed by atoms with Crippen LogP contribution in [0.3, 0.4) is 0 Å². The molecule has 0 saturated carbocycles. The first-order valence-electron chi connectivity index (χ1n) is 6.84. The second-order valence-corrected chi connectivity index (χ2v) is 4.65. The highest BCUT2D eigenvalue weighted by Gasteiger charge is 2.23.